The van der Waals surface area contributed by atoms with Crippen LogP contribution in [0.5, 0.6) is 5.75 Å². The largest absolute Gasteiger partial charge is 0.497 e. The zero-order chi connectivity index (χ0) is 13.3. The van der Waals surface area contributed by atoms with E-state index in [2.05, 4.69) is 0 Å². The molecule has 0 fully saturated rings. The van der Waals surface area contributed by atoms with E-state index in [1.54, 1.807) is 19.1 Å². The van der Waals surface area contributed by atoms with Crippen LogP contribution in [0.15, 0.2) is 29.6 Å². The van der Waals surface area contributed by atoms with E-state index >= 15 is 0 Å². The summed E-state index contributed by atoms with van der Waals surface area (Å²) in [7, 11) is 1.48. The van der Waals surface area contributed by atoms with Crippen LogP contribution in [0.4, 0.5) is 4.39 Å². The molecule has 0 saturated carbocycles. The highest BCUT2D eigenvalue weighted by Crippen LogP contribution is 2.36. The van der Waals surface area contributed by atoms with Crippen LogP contribution < -0.4 is 4.74 Å². The molecule has 0 radical (unpaired) electrons. The first-order valence-electron chi connectivity index (χ1n) is 5.57. The van der Waals surface area contributed by atoms with Crippen LogP contribution in [0, 0.1) is 12.7 Å². The first-order valence-corrected chi connectivity index (χ1v) is 6.45. The predicted molar refractivity (Wildman–Crippen MR) is 70.7 cm³/mol. The molecule has 0 aliphatic heterocycles. The van der Waals surface area contributed by atoms with E-state index in [1.807, 2.05) is 18.4 Å². The molecular formula is C14H15FO2S. The molecule has 0 aliphatic carbocycles. The normalized spacial score (nSPS) is 14.3. The summed E-state index contributed by atoms with van der Waals surface area (Å²) in [6, 6.07) is 6.41. The predicted octanol–water partition coefficient (Wildman–Crippen LogP) is 3.46. The minimum atomic E-state index is -1.32. The monoisotopic (exact) mass is 266 g/mol. The molecule has 1 heterocycles. The number of ether oxygens (including phenoxy) is 1. The number of hydrogen-bond acceptors (Lipinski definition) is 3. The van der Waals surface area contributed by atoms with Crippen LogP contribution in [0.25, 0.3) is 0 Å². The maximum absolute atomic E-state index is 14.0. The molecule has 0 saturated heterocycles. The topological polar surface area (TPSA) is 29.5 Å². The third kappa shape index (κ3) is 2.13. The maximum atomic E-state index is 14.0. The summed E-state index contributed by atoms with van der Waals surface area (Å²) in [5.41, 5.74) is -0.108. The Labute approximate surface area is 110 Å². The van der Waals surface area contributed by atoms with Gasteiger partial charge >= 0.3 is 0 Å². The molecule has 1 aromatic carbocycles. The van der Waals surface area contributed by atoms with Gasteiger partial charge in [-0.15, -0.1) is 11.3 Å². The molecule has 2 rings (SSSR count). The van der Waals surface area contributed by atoms with Crippen LogP contribution >= 0.6 is 11.3 Å². The van der Waals surface area contributed by atoms with Gasteiger partial charge in [-0.3, -0.25) is 0 Å². The highest BCUT2D eigenvalue weighted by Gasteiger charge is 2.31. The zero-order valence-electron chi connectivity index (χ0n) is 10.5. The standard InChI is InChI=1S/C14H15FO2S/c1-9-6-7-18-13(9)14(2,16)11-5-4-10(17-3)8-12(11)15/h4-8,16H,1-3H3. The molecule has 0 bridgehead atoms. The summed E-state index contributed by atoms with van der Waals surface area (Å²) >= 11 is 1.42. The summed E-state index contributed by atoms with van der Waals surface area (Å²) in [5.74, 6) is -0.0258. The van der Waals surface area contributed by atoms with Crippen LogP contribution in [0.2, 0.25) is 0 Å². The van der Waals surface area contributed by atoms with Crippen LogP contribution in [-0.2, 0) is 5.60 Å². The fourth-order valence-electron chi connectivity index (χ4n) is 2.01. The van der Waals surface area contributed by atoms with Crippen molar-refractivity contribution in [1.82, 2.24) is 0 Å². The lowest BCUT2D eigenvalue weighted by molar-refractivity contribution is 0.101. The van der Waals surface area contributed by atoms with Crippen LogP contribution in [0.3, 0.4) is 0 Å². The van der Waals surface area contributed by atoms with E-state index in [1.165, 1.54) is 24.5 Å². The minimum absolute atomic E-state index is 0.258. The van der Waals surface area contributed by atoms with E-state index in [4.69, 9.17) is 4.74 Å². The van der Waals surface area contributed by atoms with Crippen LogP contribution in [-0.4, -0.2) is 12.2 Å². The second-order valence-electron chi connectivity index (χ2n) is 4.35. The Morgan fingerprint density at radius 1 is 1.33 bits per heavy atom. The molecule has 1 unspecified atom stereocenters. The molecule has 18 heavy (non-hydrogen) atoms. The number of hydrogen-bond donors (Lipinski definition) is 1. The zero-order valence-corrected chi connectivity index (χ0v) is 11.3. The summed E-state index contributed by atoms with van der Waals surface area (Å²) in [5, 5.41) is 12.5. The molecule has 0 amide bonds. The summed E-state index contributed by atoms with van der Waals surface area (Å²) < 4.78 is 19.0. The van der Waals surface area contributed by atoms with Crippen molar-refractivity contribution in [2.75, 3.05) is 7.11 Å². The van der Waals surface area contributed by atoms with Crippen LogP contribution in [0.1, 0.15) is 22.9 Å². The smallest absolute Gasteiger partial charge is 0.133 e. The number of thiophene rings is 1. The molecule has 1 N–H and O–H groups in total. The van der Waals surface area contributed by atoms with Gasteiger partial charge in [0.1, 0.15) is 17.2 Å². The third-order valence-electron chi connectivity index (χ3n) is 3.00. The molecule has 0 spiro atoms. The lowest BCUT2D eigenvalue weighted by Gasteiger charge is -2.24. The summed E-state index contributed by atoms with van der Waals surface area (Å²) in [6.07, 6.45) is 0. The third-order valence-corrected chi connectivity index (χ3v) is 4.23. The number of aliphatic hydroxyl groups is 1. The molecule has 2 aromatic rings. The quantitative estimate of drug-likeness (QED) is 0.922. The van der Waals surface area contributed by atoms with Crippen molar-refractivity contribution >= 4 is 11.3 Å². The van der Waals surface area contributed by atoms with Gasteiger partial charge in [0.2, 0.25) is 0 Å². The number of methoxy groups -OCH3 is 1. The molecule has 1 atom stereocenters. The summed E-state index contributed by atoms with van der Waals surface area (Å²) in [4.78, 5) is 0.756. The Morgan fingerprint density at radius 3 is 2.56 bits per heavy atom. The van der Waals surface area contributed by atoms with E-state index in [0.29, 0.717) is 5.75 Å². The van der Waals surface area contributed by atoms with Gasteiger partial charge in [0.15, 0.2) is 0 Å². The summed E-state index contributed by atoms with van der Waals surface area (Å²) in [6.45, 7) is 3.51. The molecule has 1 aromatic heterocycles. The Hall–Kier alpha value is -1.39. The van der Waals surface area contributed by atoms with Crippen molar-refractivity contribution in [3.8, 4) is 5.75 Å². The average molecular weight is 266 g/mol. The number of rotatable bonds is 3. The van der Waals surface area contributed by atoms with Gasteiger partial charge in [0, 0.05) is 16.5 Å². The molecule has 2 nitrogen and oxygen atoms in total. The Morgan fingerprint density at radius 2 is 2.06 bits per heavy atom. The SMILES string of the molecule is COc1ccc(C(C)(O)c2sccc2C)c(F)c1. The molecule has 4 heteroatoms. The van der Waals surface area contributed by atoms with Gasteiger partial charge < -0.3 is 9.84 Å². The second-order valence-corrected chi connectivity index (χ2v) is 5.27. The van der Waals surface area contributed by atoms with Gasteiger partial charge in [-0.25, -0.2) is 4.39 Å². The van der Waals surface area contributed by atoms with Gasteiger partial charge in [-0.1, -0.05) is 0 Å². The first-order chi connectivity index (χ1) is 8.46. The Balaban J connectivity index is 2.51. The fourth-order valence-corrected chi connectivity index (χ4v) is 3.01. The number of aryl methyl sites for hydroxylation is 1. The Kier molecular flexibility index (Phi) is 3.41. The lowest BCUT2D eigenvalue weighted by Crippen LogP contribution is -2.23. The van der Waals surface area contributed by atoms with Crippen molar-refractivity contribution in [1.29, 1.82) is 0 Å². The highest BCUT2D eigenvalue weighted by molar-refractivity contribution is 7.10. The lowest BCUT2D eigenvalue weighted by atomic mass is 9.92. The number of benzene rings is 1. The van der Waals surface area contributed by atoms with Gasteiger partial charge in [0.05, 0.1) is 7.11 Å². The van der Waals surface area contributed by atoms with Gasteiger partial charge in [-0.2, -0.15) is 0 Å². The van der Waals surface area contributed by atoms with Crippen molar-refractivity contribution < 1.29 is 14.2 Å². The van der Waals surface area contributed by atoms with Gasteiger partial charge in [0.25, 0.3) is 0 Å². The van der Waals surface area contributed by atoms with Crippen molar-refractivity contribution in [3.05, 3.63) is 51.5 Å². The van der Waals surface area contributed by atoms with E-state index < -0.39 is 11.4 Å². The second kappa shape index (κ2) is 4.71. The molecule has 96 valence electrons. The van der Waals surface area contributed by atoms with Crippen molar-refractivity contribution in [3.63, 3.8) is 0 Å². The van der Waals surface area contributed by atoms with E-state index in [0.717, 1.165) is 10.4 Å². The molecule has 0 aliphatic rings. The highest BCUT2D eigenvalue weighted by atomic mass is 32.1. The Bertz CT molecular complexity index is 561. The van der Waals surface area contributed by atoms with Crippen molar-refractivity contribution in [2.45, 2.75) is 19.4 Å². The first kappa shape index (κ1) is 13.1. The number of halogens is 1. The van der Waals surface area contributed by atoms with E-state index in [-0.39, 0.29) is 5.56 Å². The average Bonchev–Trinajstić information content (AvgIpc) is 2.75. The molecular weight excluding hydrogens is 251 g/mol. The fraction of sp³-hybridized carbons (Fsp3) is 0.286. The minimum Gasteiger partial charge on any atom is -0.497 e. The maximum Gasteiger partial charge on any atom is 0.133 e. The van der Waals surface area contributed by atoms with Crippen molar-refractivity contribution in [2.24, 2.45) is 0 Å². The van der Waals surface area contributed by atoms with Gasteiger partial charge in [-0.05, 0) is 43.0 Å². The van der Waals surface area contributed by atoms with E-state index in [9.17, 15) is 9.50 Å².